The van der Waals surface area contributed by atoms with E-state index in [4.69, 9.17) is 11.5 Å². The van der Waals surface area contributed by atoms with Crippen LogP contribution in [-0.4, -0.2) is 42.9 Å². The summed E-state index contributed by atoms with van der Waals surface area (Å²) in [5.41, 5.74) is 17.5. The van der Waals surface area contributed by atoms with Crippen LogP contribution in [0.2, 0.25) is 0 Å². The Morgan fingerprint density at radius 2 is 1.86 bits per heavy atom. The number of benzene rings is 2. The molecule has 1 unspecified atom stereocenters. The average molecular weight is 473 g/mol. The quantitative estimate of drug-likeness (QED) is 0.576. The summed E-state index contributed by atoms with van der Waals surface area (Å²) in [4.78, 5) is 27.1. The molecule has 184 valence electrons. The van der Waals surface area contributed by atoms with Crippen LogP contribution in [0.15, 0.2) is 65.8 Å². The Labute approximate surface area is 208 Å². The number of carbonyl (C=O) groups excluding carboxylic acids is 2. The van der Waals surface area contributed by atoms with Gasteiger partial charge in [0.15, 0.2) is 0 Å². The summed E-state index contributed by atoms with van der Waals surface area (Å²) in [6, 6.07) is 15.0. The monoisotopic (exact) mass is 472 g/mol. The van der Waals surface area contributed by atoms with Crippen molar-refractivity contribution in [2.24, 2.45) is 16.9 Å². The molecule has 0 bridgehead atoms. The topological polar surface area (TPSA) is 101 Å². The van der Waals surface area contributed by atoms with Gasteiger partial charge in [-0.2, -0.15) is 0 Å². The molecule has 0 aromatic heterocycles. The van der Waals surface area contributed by atoms with E-state index in [-0.39, 0.29) is 6.42 Å². The van der Waals surface area contributed by atoms with Crippen molar-refractivity contribution >= 4 is 11.8 Å². The number of allylic oxidation sites excluding steroid dienone is 2. The minimum absolute atomic E-state index is 0.221. The Hall–Kier alpha value is -3.22. The second kappa shape index (κ2) is 10.6. The Morgan fingerprint density at radius 3 is 2.63 bits per heavy atom. The summed E-state index contributed by atoms with van der Waals surface area (Å²) in [5, 5.41) is 3.46. The molecule has 35 heavy (non-hydrogen) atoms. The fraction of sp³-hybridized carbons (Fsp3) is 0.379. The molecule has 0 saturated carbocycles. The van der Waals surface area contributed by atoms with Gasteiger partial charge in [-0.15, -0.1) is 0 Å². The molecule has 0 radical (unpaired) electrons. The normalized spacial score (nSPS) is 21.1. The number of amides is 2. The summed E-state index contributed by atoms with van der Waals surface area (Å²) >= 11 is 0. The minimum Gasteiger partial charge on any atom is -0.369 e. The van der Waals surface area contributed by atoms with Crippen molar-refractivity contribution in [1.29, 1.82) is 0 Å². The van der Waals surface area contributed by atoms with E-state index in [9.17, 15) is 9.59 Å². The van der Waals surface area contributed by atoms with Crippen LogP contribution in [0.4, 0.5) is 0 Å². The molecule has 2 aromatic rings. The first-order valence-electron chi connectivity index (χ1n) is 12.4. The van der Waals surface area contributed by atoms with Gasteiger partial charge >= 0.3 is 0 Å². The largest absolute Gasteiger partial charge is 0.369 e. The van der Waals surface area contributed by atoms with Gasteiger partial charge in [0.2, 0.25) is 11.8 Å². The lowest BCUT2D eigenvalue weighted by molar-refractivity contribution is -0.125. The molecule has 1 fully saturated rings. The lowest BCUT2D eigenvalue weighted by atomic mass is 9.71. The number of nitrogens with two attached hydrogens (primary N) is 2. The molecule has 1 aliphatic heterocycles. The van der Waals surface area contributed by atoms with Crippen LogP contribution >= 0.6 is 0 Å². The Kier molecular flexibility index (Phi) is 7.53. The van der Waals surface area contributed by atoms with Crippen molar-refractivity contribution in [2.45, 2.75) is 39.7 Å². The zero-order valence-electron chi connectivity index (χ0n) is 20.8. The number of nitrogens with zero attached hydrogens (tertiary/aromatic N) is 1. The van der Waals surface area contributed by atoms with E-state index in [1.54, 1.807) is 6.08 Å². The molecule has 4 rings (SSSR count). The van der Waals surface area contributed by atoms with Gasteiger partial charge in [0.05, 0.1) is 5.41 Å². The first-order chi connectivity index (χ1) is 16.8. The second-order valence-electron chi connectivity index (χ2n) is 10.0. The predicted molar refractivity (Wildman–Crippen MR) is 140 cm³/mol. The summed E-state index contributed by atoms with van der Waals surface area (Å²) in [7, 11) is 0. The van der Waals surface area contributed by atoms with Crippen molar-refractivity contribution in [3.05, 3.63) is 82.5 Å². The first kappa shape index (κ1) is 24.9. The van der Waals surface area contributed by atoms with Crippen molar-refractivity contribution in [2.75, 3.05) is 26.2 Å². The third-order valence-corrected chi connectivity index (χ3v) is 7.12. The molecule has 1 heterocycles. The molecular formula is C29H36N4O2. The molecule has 1 aliphatic carbocycles. The summed E-state index contributed by atoms with van der Waals surface area (Å²) in [5.74, 6) is -0.954. The van der Waals surface area contributed by atoms with Crippen LogP contribution in [-0.2, 0) is 22.6 Å². The first-order valence-corrected chi connectivity index (χ1v) is 12.4. The molecule has 6 heteroatoms. The van der Waals surface area contributed by atoms with Gasteiger partial charge in [0.25, 0.3) is 0 Å². The molecule has 0 spiro atoms. The fourth-order valence-electron chi connectivity index (χ4n) is 5.32. The van der Waals surface area contributed by atoms with E-state index in [0.717, 1.165) is 55.0 Å². The van der Waals surface area contributed by atoms with E-state index in [2.05, 4.69) is 53.5 Å². The maximum absolute atomic E-state index is 12.7. The summed E-state index contributed by atoms with van der Waals surface area (Å²) < 4.78 is 0. The Bertz CT molecular complexity index is 1170. The zero-order valence-corrected chi connectivity index (χ0v) is 20.8. The molecule has 2 amide bonds. The highest BCUT2D eigenvalue weighted by Gasteiger charge is 2.38. The fourth-order valence-corrected chi connectivity index (χ4v) is 5.32. The zero-order chi connectivity index (χ0) is 25.0. The van der Waals surface area contributed by atoms with E-state index < -0.39 is 17.2 Å². The number of primary amides is 2. The lowest BCUT2D eigenvalue weighted by Gasteiger charge is -2.31. The molecule has 5 N–H and O–H groups in total. The van der Waals surface area contributed by atoms with Crippen LogP contribution < -0.4 is 16.8 Å². The van der Waals surface area contributed by atoms with Gasteiger partial charge < -0.3 is 16.8 Å². The number of carbonyl (C=O) groups is 2. The van der Waals surface area contributed by atoms with Gasteiger partial charge in [-0.05, 0) is 80.1 Å². The molecule has 2 aliphatic rings. The molecule has 1 saturated heterocycles. The molecule has 1 atom stereocenters. The highest BCUT2D eigenvalue weighted by molar-refractivity contribution is 5.95. The van der Waals surface area contributed by atoms with Crippen LogP contribution in [0, 0.1) is 12.3 Å². The van der Waals surface area contributed by atoms with Crippen molar-refractivity contribution in [3.8, 4) is 11.1 Å². The second-order valence-corrected chi connectivity index (χ2v) is 10.0. The highest BCUT2D eigenvalue weighted by Crippen LogP contribution is 2.38. The average Bonchev–Trinajstić information content (AvgIpc) is 3.08. The van der Waals surface area contributed by atoms with Crippen LogP contribution in [0.1, 0.15) is 36.5 Å². The third kappa shape index (κ3) is 5.89. The van der Waals surface area contributed by atoms with E-state index in [1.807, 2.05) is 19.1 Å². The Balaban J connectivity index is 1.61. The third-order valence-electron chi connectivity index (χ3n) is 7.12. The number of hydrogen-bond donors (Lipinski definition) is 3. The number of hydrogen-bond acceptors (Lipinski definition) is 4. The SMILES string of the molecule is CC1=CC(Cc2ccc(C)c(-c3cccc(CN4CCCNCC4)c3)c2)(C(N)=O)CC(C(N)=O)=C1. The highest BCUT2D eigenvalue weighted by atomic mass is 16.1. The maximum Gasteiger partial charge on any atom is 0.244 e. The van der Waals surface area contributed by atoms with Gasteiger partial charge in [-0.1, -0.05) is 54.1 Å². The Morgan fingerprint density at radius 1 is 1.03 bits per heavy atom. The smallest absolute Gasteiger partial charge is 0.244 e. The maximum atomic E-state index is 12.7. The van der Waals surface area contributed by atoms with Crippen molar-refractivity contribution < 1.29 is 9.59 Å². The number of aryl methyl sites for hydroxylation is 1. The van der Waals surface area contributed by atoms with Crippen molar-refractivity contribution in [3.63, 3.8) is 0 Å². The van der Waals surface area contributed by atoms with Gasteiger partial charge in [-0.25, -0.2) is 0 Å². The predicted octanol–water partition coefficient (Wildman–Crippen LogP) is 3.23. The molecular weight excluding hydrogens is 436 g/mol. The van der Waals surface area contributed by atoms with E-state index in [1.165, 1.54) is 17.5 Å². The van der Waals surface area contributed by atoms with Gasteiger partial charge in [-0.3, -0.25) is 14.5 Å². The summed E-state index contributed by atoms with van der Waals surface area (Å²) in [6.07, 6.45) is 5.44. The van der Waals surface area contributed by atoms with Gasteiger partial charge in [0, 0.05) is 25.2 Å². The number of rotatable bonds is 7. The van der Waals surface area contributed by atoms with Crippen LogP contribution in [0.25, 0.3) is 11.1 Å². The van der Waals surface area contributed by atoms with E-state index >= 15 is 0 Å². The standard InChI is InChI=1S/C29H36N4O2/c1-20-13-25(27(30)34)18-29(16-20,28(31)35)17-22-8-7-21(2)26(15-22)24-6-3-5-23(14-24)19-33-11-4-9-32-10-12-33/h3,5-8,13-16,32H,4,9-12,17-19H2,1-2H3,(H2,30,34)(H2,31,35). The van der Waals surface area contributed by atoms with Crippen LogP contribution in [0.5, 0.6) is 0 Å². The number of nitrogens with one attached hydrogen (secondary N) is 1. The van der Waals surface area contributed by atoms with Crippen LogP contribution in [0.3, 0.4) is 0 Å². The molecule has 2 aromatic carbocycles. The lowest BCUT2D eigenvalue weighted by Crippen LogP contribution is -2.40. The molecule has 6 nitrogen and oxygen atoms in total. The van der Waals surface area contributed by atoms with Crippen molar-refractivity contribution in [1.82, 2.24) is 10.2 Å². The van der Waals surface area contributed by atoms with E-state index in [0.29, 0.717) is 12.0 Å². The summed E-state index contributed by atoms with van der Waals surface area (Å²) in [6.45, 7) is 9.19. The minimum atomic E-state index is -0.974. The van der Waals surface area contributed by atoms with Gasteiger partial charge in [0.1, 0.15) is 0 Å².